The Hall–Kier alpha value is -2.77. The first-order chi connectivity index (χ1) is 42.8. The van der Waals surface area contributed by atoms with Crippen LogP contribution in [0.3, 0.4) is 0 Å². The van der Waals surface area contributed by atoms with Crippen molar-refractivity contribution in [3.63, 3.8) is 0 Å². The maximum Gasteiger partial charge on any atom is 0.220 e. The molecule has 1 amide bonds. The number of allylic oxidation sites excluding steroid dienone is 11. The van der Waals surface area contributed by atoms with Crippen molar-refractivity contribution in [1.82, 2.24) is 5.32 Å². The fourth-order valence-corrected chi connectivity index (χ4v) is 11.2. The highest BCUT2D eigenvalue weighted by Gasteiger charge is 2.53. The minimum atomic E-state index is -1.98. The number of carbonyl (C=O) groups is 1. The maximum absolute atomic E-state index is 13.4. The first kappa shape index (κ1) is 79.5. The van der Waals surface area contributed by atoms with E-state index in [1.54, 1.807) is 6.08 Å². The van der Waals surface area contributed by atoms with Gasteiger partial charge < -0.3 is 89.9 Å². The standard InChI is InChI=1S/C69H121NO18/c1-3-5-7-9-11-13-15-17-19-21-23-24-25-26-27-29-30-32-34-36-38-40-42-44-46-53(74)52(70-57(75)47-45-43-41-39-37-35-33-31-28-22-20-18-16-14-12-10-8-6-4-2)51-83-67-63(81)60(78)65(55(49-72)85-67)88-69-64(82)61(79)66(56(50-73)86-69)87-68-62(80)59(77)58(76)54(48-71)84-68/h6,8,12,14,18,20,28,31,35,37,44,46,52-56,58-69,71-74,76-82H,3-5,7,9-11,13,15-17,19,21-27,29-30,32-34,36,38-43,45,47-51H2,1-2H3,(H,70,75)/b8-6-,14-12-,20-18-,31-28-,37-35-,46-44+. The van der Waals surface area contributed by atoms with E-state index in [9.17, 15) is 61.0 Å². The van der Waals surface area contributed by atoms with Gasteiger partial charge in [-0.3, -0.25) is 4.79 Å². The number of hydrogen-bond acceptors (Lipinski definition) is 18. The van der Waals surface area contributed by atoms with E-state index in [-0.39, 0.29) is 18.9 Å². The second-order valence-electron chi connectivity index (χ2n) is 24.3. The van der Waals surface area contributed by atoms with Crippen molar-refractivity contribution in [2.75, 3.05) is 26.4 Å². The molecule has 0 bridgehead atoms. The predicted molar refractivity (Wildman–Crippen MR) is 341 cm³/mol. The summed E-state index contributed by atoms with van der Waals surface area (Å²) in [6.45, 7) is 1.60. The summed E-state index contributed by atoms with van der Waals surface area (Å²) in [5.74, 6) is -0.308. The zero-order valence-electron chi connectivity index (χ0n) is 53.7. The Morgan fingerprint density at radius 2 is 0.784 bits per heavy atom. The summed E-state index contributed by atoms with van der Waals surface area (Å²) in [4.78, 5) is 13.4. The van der Waals surface area contributed by atoms with Crippen molar-refractivity contribution >= 4 is 5.91 Å². The molecule has 3 aliphatic heterocycles. The van der Waals surface area contributed by atoms with Crippen molar-refractivity contribution in [3.8, 4) is 0 Å². The van der Waals surface area contributed by atoms with Crippen molar-refractivity contribution < 1.29 is 89.4 Å². The van der Waals surface area contributed by atoms with Gasteiger partial charge in [0.25, 0.3) is 0 Å². The monoisotopic (exact) mass is 1250 g/mol. The lowest BCUT2D eigenvalue weighted by Crippen LogP contribution is -2.66. The topological polar surface area (TPSA) is 307 Å². The molecular formula is C69H121NO18. The van der Waals surface area contributed by atoms with E-state index in [2.05, 4.69) is 79.9 Å². The molecule has 3 heterocycles. The van der Waals surface area contributed by atoms with Crippen LogP contribution >= 0.6 is 0 Å². The molecule has 510 valence electrons. The summed E-state index contributed by atoms with van der Waals surface area (Å²) in [6, 6.07) is -0.995. The number of carbonyl (C=O) groups excluding carboxylic acids is 1. The second kappa shape index (κ2) is 50.7. The molecule has 0 aromatic rings. The quantitative estimate of drug-likeness (QED) is 0.0200. The van der Waals surface area contributed by atoms with Crippen molar-refractivity contribution in [3.05, 3.63) is 72.9 Å². The van der Waals surface area contributed by atoms with Crippen LogP contribution in [0, 0.1) is 0 Å². The zero-order valence-corrected chi connectivity index (χ0v) is 53.7. The molecule has 19 heteroatoms. The molecule has 3 aliphatic rings. The number of ether oxygens (including phenoxy) is 6. The van der Waals surface area contributed by atoms with Crippen molar-refractivity contribution in [2.24, 2.45) is 0 Å². The average Bonchev–Trinajstić information content (AvgIpc) is 3.71. The van der Waals surface area contributed by atoms with Gasteiger partial charge in [0, 0.05) is 6.42 Å². The number of rotatable bonds is 51. The molecule has 0 aliphatic carbocycles. The lowest BCUT2D eigenvalue weighted by molar-refractivity contribution is -0.379. The molecule has 19 nitrogen and oxygen atoms in total. The zero-order chi connectivity index (χ0) is 64.0. The number of nitrogens with one attached hydrogen (secondary N) is 1. The molecule has 3 saturated heterocycles. The van der Waals surface area contributed by atoms with Crippen molar-refractivity contribution in [1.29, 1.82) is 0 Å². The molecule has 88 heavy (non-hydrogen) atoms. The summed E-state index contributed by atoms with van der Waals surface area (Å²) in [5, 5.41) is 120. The Balaban J connectivity index is 1.46. The smallest absolute Gasteiger partial charge is 0.220 e. The van der Waals surface area contributed by atoms with Crippen LogP contribution in [0.1, 0.15) is 226 Å². The average molecular weight is 1250 g/mol. The number of hydrogen-bond donors (Lipinski definition) is 12. The first-order valence-electron chi connectivity index (χ1n) is 34.2. The van der Waals surface area contributed by atoms with E-state index in [1.807, 2.05) is 6.08 Å². The fourth-order valence-electron chi connectivity index (χ4n) is 11.2. The summed E-state index contributed by atoms with van der Waals surface area (Å²) < 4.78 is 34.3. The van der Waals surface area contributed by atoms with Crippen LogP contribution in [0.25, 0.3) is 0 Å². The summed E-state index contributed by atoms with van der Waals surface area (Å²) >= 11 is 0. The Bertz CT molecular complexity index is 1880. The van der Waals surface area contributed by atoms with Crippen LogP contribution in [0.5, 0.6) is 0 Å². The number of amides is 1. The van der Waals surface area contributed by atoms with Gasteiger partial charge in [-0.2, -0.15) is 0 Å². The maximum atomic E-state index is 13.4. The molecular weight excluding hydrogens is 1130 g/mol. The molecule has 0 radical (unpaired) electrons. The van der Waals surface area contributed by atoms with Crippen molar-refractivity contribution in [2.45, 2.75) is 330 Å². The van der Waals surface area contributed by atoms with E-state index in [1.165, 1.54) is 122 Å². The van der Waals surface area contributed by atoms with Gasteiger partial charge in [0.15, 0.2) is 18.9 Å². The third-order valence-electron chi connectivity index (χ3n) is 16.8. The Kier molecular flexibility index (Phi) is 45.8. The largest absolute Gasteiger partial charge is 0.394 e. The molecule has 0 saturated carbocycles. The molecule has 12 N–H and O–H groups in total. The summed E-state index contributed by atoms with van der Waals surface area (Å²) in [5.41, 5.74) is 0. The highest BCUT2D eigenvalue weighted by atomic mass is 16.8. The van der Waals surface area contributed by atoms with Crippen LogP contribution in [0.15, 0.2) is 72.9 Å². The van der Waals surface area contributed by atoms with Gasteiger partial charge in [-0.25, -0.2) is 0 Å². The van der Waals surface area contributed by atoms with Gasteiger partial charge in [0.1, 0.15) is 73.2 Å². The summed E-state index contributed by atoms with van der Waals surface area (Å²) in [7, 11) is 0. The van der Waals surface area contributed by atoms with E-state index in [0.717, 1.165) is 77.0 Å². The predicted octanol–water partition coefficient (Wildman–Crippen LogP) is 8.55. The highest BCUT2D eigenvalue weighted by Crippen LogP contribution is 2.33. The van der Waals surface area contributed by atoms with Gasteiger partial charge in [-0.1, -0.05) is 228 Å². The van der Waals surface area contributed by atoms with Gasteiger partial charge >= 0.3 is 0 Å². The van der Waals surface area contributed by atoms with Gasteiger partial charge in [-0.05, 0) is 64.2 Å². The molecule has 0 spiro atoms. The van der Waals surface area contributed by atoms with Gasteiger partial charge in [0.05, 0.1) is 38.6 Å². The lowest BCUT2D eigenvalue weighted by atomic mass is 9.96. The summed E-state index contributed by atoms with van der Waals surface area (Å²) in [6.07, 6.45) is 35.9. The molecule has 17 atom stereocenters. The number of aliphatic hydroxyl groups excluding tert-OH is 11. The van der Waals surface area contributed by atoms with Crippen LogP contribution in [-0.2, 0) is 33.2 Å². The van der Waals surface area contributed by atoms with E-state index in [4.69, 9.17) is 28.4 Å². The second-order valence-corrected chi connectivity index (χ2v) is 24.3. The highest BCUT2D eigenvalue weighted by molar-refractivity contribution is 5.76. The molecule has 0 aromatic heterocycles. The Labute approximate surface area is 528 Å². The molecule has 0 aromatic carbocycles. The normalized spacial score (nSPS) is 28.9. The van der Waals surface area contributed by atoms with Crippen LogP contribution in [-0.4, -0.2) is 193 Å². The Morgan fingerprint density at radius 1 is 0.420 bits per heavy atom. The number of unbranched alkanes of at least 4 members (excludes halogenated alkanes) is 25. The fraction of sp³-hybridized carbons (Fsp3) is 0.812. The lowest BCUT2D eigenvalue weighted by Gasteiger charge is -2.48. The minimum Gasteiger partial charge on any atom is -0.394 e. The molecule has 3 fully saturated rings. The van der Waals surface area contributed by atoms with Crippen LogP contribution in [0.4, 0.5) is 0 Å². The first-order valence-corrected chi connectivity index (χ1v) is 34.2. The number of aliphatic hydroxyl groups is 11. The van der Waals surface area contributed by atoms with E-state index in [0.29, 0.717) is 6.42 Å². The SMILES string of the molecule is CC/C=C\C/C=C\C/C=C\C/C=C\C/C=C\CCCCCC(=O)NC(COC1OC(CO)C(OC2OC(CO)C(OC3OC(CO)C(O)C(O)C3O)C(O)C2O)C(O)C1O)C(O)/C=C/CCCCCCCCCCCCCCCCCCCCCCCC. The molecule has 17 unspecified atom stereocenters. The minimum absolute atomic E-state index is 0.201. The van der Waals surface area contributed by atoms with Gasteiger partial charge in [0.2, 0.25) is 5.91 Å². The van der Waals surface area contributed by atoms with Gasteiger partial charge in [-0.15, -0.1) is 0 Å². The third-order valence-corrected chi connectivity index (χ3v) is 16.8. The van der Waals surface area contributed by atoms with E-state index < -0.39 is 124 Å². The Morgan fingerprint density at radius 3 is 1.23 bits per heavy atom. The van der Waals surface area contributed by atoms with E-state index >= 15 is 0 Å². The third kappa shape index (κ3) is 32.7. The molecule has 3 rings (SSSR count). The van der Waals surface area contributed by atoms with Crippen LogP contribution in [0.2, 0.25) is 0 Å². The van der Waals surface area contributed by atoms with Crippen LogP contribution < -0.4 is 5.32 Å².